The fourth-order valence-electron chi connectivity index (χ4n) is 5.65. The monoisotopic (exact) mass is 387 g/mol. The molecule has 1 heterocycles. The zero-order chi connectivity index (χ0) is 19.7. The van der Waals surface area contributed by atoms with Crippen LogP contribution >= 0.6 is 0 Å². The standard InChI is InChI=1S/C24H21NO4/c1-28-14-6-8-16(9-7-14)29-15-4-2-13(3-5-15)25-23(26)21-17-10-11-18(20-12-19(17)20)22(21)24(25)27/h2-11,17-22H,12H2,1H3. The third-order valence-electron chi connectivity index (χ3n) is 7.05. The van der Waals surface area contributed by atoms with E-state index in [4.69, 9.17) is 9.47 Å². The molecule has 5 heteroatoms. The summed E-state index contributed by atoms with van der Waals surface area (Å²) in [6, 6.07) is 14.5. The van der Waals surface area contributed by atoms with Crippen LogP contribution in [0.25, 0.3) is 0 Å². The van der Waals surface area contributed by atoms with Crippen LogP contribution in [0.1, 0.15) is 6.42 Å². The highest BCUT2D eigenvalue weighted by atomic mass is 16.5. The molecule has 2 saturated carbocycles. The molecule has 1 saturated heterocycles. The Hall–Kier alpha value is -3.08. The molecular formula is C24H21NO4. The lowest BCUT2D eigenvalue weighted by molar-refractivity contribution is -0.124. The van der Waals surface area contributed by atoms with Crippen LogP contribution in [-0.4, -0.2) is 18.9 Å². The van der Waals surface area contributed by atoms with E-state index >= 15 is 0 Å². The predicted molar refractivity (Wildman–Crippen MR) is 107 cm³/mol. The Morgan fingerprint density at radius 1 is 0.759 bits per heavy atom. The highest BCUT2D eigenvalue weighted by Crippen LogP contribution is 2.65. The van der Waals surface area contributed by atoms with Crippen LogP contribution in [0, 0.1) is 35.5 Å². The molecule has 146 valence electrons. The van der Waals surface area contributed by atoms with Gasteiger partial charge in [0.05, 0.1) is 24.6 Å². The molecule has 6 unspecified atom stereocenters. The average molecular weight is 387 g/mol. The predicted octanol–water partition coefficient (Wildman–Crippen LogP) is 4.05. The first-order chi connectivity index (χ1) is 14.2. The van der Waals surface area contributed by atoms with Crippen LogP contribution < -0.4 is 14.4 Å². The molecule has 7 rings (SSSR count). The van der Waals surface area contributed by atoms with Gasteiger partial charge in [0.2, 0.25) is 11.8 Å². The lowest BCUT2D eigenvalue weighted by atomic mass is 9.63. The maximum atomic E-state index is 13.2. The van der Waals surface area contributed by atoms with Crippen molar-refractivity contribution in [3.63, 3.8) is 0 Å². The minimum absolute atomic E-state index is 0.0338. The average Bonchev–Trinajstić information content (AvgIpc) is 3.53. The van der Waals surface area contributed by atoms with Crippen molar-refractivity contribution in [3.8, 4) is 17.2 Å². The minimum Gasteiger partial charge on any atom is -0.497 e. The third-order valence-corrected chi connectivity index (χ3v) is 7.05. The zero-order valence-electron chi connectivity index (χ0n) is 16.0. The molecule has 0 aromatic heterocycles. The summed E-state index contributed by atoms with van der Waals surface area (Å²) in [4.78, 5) is 27.7. The van der Waals surface area contributed by atoms with Crippen LogP contribution in [-0.2, 0) is 9.59 Å². The molecule has 3 fully saturated rings. The number of anilines is 1. The molecule has 29 heavy (non-hydrogen) atoms. The smallest absolute Gasteiger partial charge is 0.238 e. The van der Waals surface area contributed by atoms with E-state index in [1.807, 2.05) is 24.3 Å². The van der Waals surface area contributed by atoms with Crippen molar-refractivity contribution in [1.82, 2.24) is 0 Å². The first kappa shape index (κ1) is 16.8. The first-order valence-corrected chi connectivity index (χ1v) is 10.1. The Morgan fingerprint density at radius 2 is 1.24 bits per heavy atom. The second-order valence-corrected chi connectivity index (χ2v) is 8.44. The van der Waals surface area contributed by atoms with Crippen molar-refractivity contribution in [3.05, 3.63) is 60.7 Å². The molecule has 2 aromatic rings. The van der Waals surface area contributed by atoms with E-state index in [0.29, 0.717) is 29.0 Å². The quantitative estimate of drug-likeness (QED) is 0.587. The van der Waals surface area contributed by atoms with Crippen LogP contribution in [0.4, 0.5) is 5.69 Å². The van der Waals surface area contributed by atoms with Crippen LogP contribution in [0.2, 0.25) is 0 Å². The summed E-state index contributed by atoms with van der Waals surface area (Å²) in [7, 11) is 1.62. The van der Waals surface area contributed by atoms with Gasteiger partial charge in [0.25, 0.3) is 0 Å². The Kier molecular flexibility index (Phi) is 3.46. The van der Waals surface area contributed by atoms with Gasteiger partial charge in [0.15, 0.2) is 0 Å². The van der Waals surface area contributed by atoms with Gasteiger partial charge in [-0.2, -0.15) is 0 Å². The Morgan fingerprint density at radius 3 is 1.76 bits per heavy atom. The minimum atomic E-state index is -0.170. The van der Waals surface area contributed by atoms with E-state index in [1.165, 1.54) is 11.3 Å². The van der Waals surface area contributed by atoms with Gasteiger partial charge in [-0.05, 0) is 78.6 Å². The molecule has 0 radical (unpaired) electrons. The molecule has 2 aromatic carbocycles. The summed E-state index contributed by atoms with van der Waals surface area (Å²) in [5.41, 5.74) is 0.629. The number of benzene rings is 2. The van der Waals surface area contributed by atoms with Crippen molar-refractivity contribution in [2.24, 2.45) is 35.5 Å². The summed E-state index contributed by atoms with van der Waals surface area (Å²) in [5, 5.41) is 0. The summed E-state index contributed by atoms with van der Waals surface area (Å²) < 4.78 is 11.0. The molecule has 2 amide bonds. The Balaban J connectivity index is 1.23. The highest BCUT2D eigenvalue weighted by molar-refractivity contribution is 6.22. The second kappa shape index (κ2) is 5.96. The van der Waals surface area contributed by atoms with Crippen molar-refractivity contribution in [2.75, 3.05) is 12.0 Å². The molecule has 5 aliphatic rings. The fourth-order valence-corrected chi connectivity index (χ4v) is 5.65. The molecule has 4 aliphatic carbocycles. The van der Waals surface area contributed by atoms with Gasteiger partial charge >= 0.3 is 0 Å². The van der Waals surface area contributed by atoms with Gasteiger partial charge in [-0.15, -0.1) is 0 Å². The maximum absolute atomic E-state index is 13.2. The fraction of sp³-hybridized carbons (Fsp3) is 0.333. The van der Waals surface area contributed by atoms with E-state index in [2.05, 4.69) is 12.2 Å². The summed E-state index contributed by atoms with van der Waals surface area (Å²) in [6.45, 7) is 0. The molecule has 5 nitrogen and oxygen atoms in total. The number of carbonyl (C=O) groups excluding carboxylic acids is 2. The zero-order valence-corrected chi connectivity index (χ0v) is 16.0. The van der Waals surface area contributed by atoms with E-state index < -0.39 is 0 Å². The molecule has 2 bridgehead atoms. The number of hydrogen-bond donors (Lipinski definition) is 0. The number of allylic oxidation sites excluding steroid dienone is 2. The van der Waals surface area contributed by atoms with Gasteiger partial charge < -0.3 is 9.47 Å². The van der Waals surface area contributed by atoms with Gasteiger partial charge in [-0.3, -0.25) is 14.5 Å². The van der Waals surface area contributed by atoms with Gasteiger partial charge in [-0.1, -0.05) is 12.2 Å². The van der Waals surface area contributed by atoms with Gasteiger partial charge in [0, 0.05) is 0 Å². The Labute approximate surface area is 168 Å². The highest BCUT2D eigenvalue weighted by Gasteiger charge is 2.67. The number of carbonyl (C=O) groups is 2. The number of amides is 2. The number of hydrogen-bond acceptors (Lipinski definition) is 4. The molecule has 6 atom stereocenters. The second-order valence-electron chi connectivity index (χ2n) is 8.44. The van der Waals surface area contributed by atoms with E-state index in [0.717, 1.165) is 5.75 Å². The summed E-state index contributed by atoms with van der Waals surface area (Å²) in [5.74, 6) is 3.42. The van der Waals surface area contributed by atoms with Crippen molar-refractivity contribution >= 4 is 17.5 Å². The largest absolute Gasteiger partial charge is 0.497 e. The summed E-state index contributed by atoms with van der Waals surface area (Å²) >= 11 is 0. The Bertz CT molecular complexity index is 990. The topological polar surface area (TPSA) is 55.8 Å². The third kappa shape index (κ3) is 2.40. The SMILES string of the molecule is COc1ccc(Oc2ccc(N3C(=O)C4C5C=CC(C6CC56)C4C3=O)cc2)cc1. The van der Waals surface area contributed by atoms with E-state index in [9.17, 15) is 9.59 Å². The number of imide groups is 1. The maximum Gasteiger partial charge on any atom is 0.238 e. The molecule has 1 aliphatic heterocycles. The first-order valence-electron chi connectivity index (χ1n) is 10.1. The van der Waals surface area contributed by atoms with Gasteiger partial charge in [-0.25, -0.2) is 0 Å². The normalized spacial score (nSPS) is 33.5. The number of rotatable bonds is 4. The number of methoxy groups -OCH3 is 1. The van der Waals surface area contributed by atoms with Crippen LogP contribution in [0.5, 0.6) is 17.2 Å². The molecular weight excluding hydrogens is 366 g/mol. The lowest BCUT2D eigenvalue weighted by Gasteiger charge is -2.37. The van der Waals surface area contributed by atoms with Crippen molar-refractivity contribution in [1.29, 1.82) is 0 Å². The van der Waals surface area contributed by atoms with Crippen molar-refractivity contribution < 1.29 is 19.1 Å². The number of ether oxygens (including phenoxy) is 2. The van der Waals surface area contributed by atoms with Crippen molar-refractivity contribution in [2.45, 2.75) is 6.42 Å². The molecule has 0 spiro atoms. The lowest BCUT2D eigenvalue weighted by Crippen LogP contribution is -2.40. The molecule has 0 N–H and O–H groups in total. The van der Waals surface area contributed by atoms with Crippen LogP contribution in [0.15, 0.2) is 60.7 Å². The van der Waals surface area contributed by atoms with E-state index in [1.54, 1.807) is 31.4 Å². The van der Waals surface area contributed by atoms with Crippen LogP contribution in [0.3, 0.4) is 0 Å². The number of nitrogens with zero attached hydrogens (tertiary/aromatic N) is 1. The van der Waals surface area contributed by atoms with Gasteiger partial charge in [0.1, 0.15) is 17.2 Å². The summed E-state index contributed by atoms with van der Waals surface area (Å²) in [6.07, 6.45) is 5.56. The van der Waals surface area contributed by atoms with E-state index in [-0.39, 0.29) is 35.5 Å².